The molecule has 0 aliphatic rings. The zero-order chi connectivity index (χ0) is 43.0. The molecule has 0 amide bonds. The topological polar surface area (TPSA) is 78.9 Å². The van der Waals surface area contributed by atoms with Gasteiger partial charge in [0.1, 0.15) is 13.2 Å². The highest BCUT2D eigenvalue weighted by atomic mass is 16.6. The molecule has 0 aromatic heterocycles. The predicted molar refractivity (Wildman–Crippen MR) is 251 cm³/mol. The third kappa shape index (κ3) is 45.3. The van der Waals surface area contributed by atoms with Gasteiger partial charge in [0.15, 0.2) is 6.10 Å². The maximum absolute atomic E-state index is 12.7. The van der Waals surface area contributed by atoms with Crippen molar-refractivity contribution in [1.82, 2.24) is 0 Å². The lowest BCUT2D eigenvalue weighted by atomic mass is 10.1. The normalized spacial score (nSPS) is 12.9. The van der Waals surface area contributed by atoms with Crippen molar-refractivity contribution in [2.75, 3.05) is 13.2 Å². The van der Waals surface area contributed by atoms with E-state index in [1.807, 2.05) is 0 Å². The minimum Gasteiger partial charge on any atom is -0.462 e. The molecular weight excluding hydrogens is 733 g/mol. The van der Waals surface area contributed by atoms with Crippen LogP contribution in [0.3, 0.4) is 0 Å². The third-order valence-corrected chi connectivity index (χ3v) is 9.61. The van der Waals surface area contributed by atoms with E-state index in [-0.39, 0.29) is 37.5 Å². The number of allylic oxidation sites excluding steroid dienone is 16. The van der Waals surface area contributed by atoms with Crippen LogP contribution in [0.5, 0.6) is 0 Å². The summed E-state index contributed by atoms with van der Waals surface area (Å²) < 4.78 is 16.6. The Kier molecular flexibility index (Phi) is 44.1. The van der Waals surface area contributed by atoms with E-state index < -0.39 is 6.10 Å². The monoisotopic (exact) mass is 819 g/mol. The van der Waals surface area contributed by atoms with Crippen LogP contribution in [0.15, 0.2) is 97.2 Å². The van der Waals surface area contributed by atoms with Gasteiger partial charge in [0, 0.05) is 19.3 Å². The maximum Gasteiger partial charge on any atom is 0.306 e. The van der Waals surface area contributed by atoms with Crippen LogP contribution in [0.1, 0.15) is 201 Å². The van der Waals surface area contributed by atoms with E-state index in [2.05, 4.69) is 118 Å². The highest BCUT2D eigenvalue weighted by Gasteiger charge is 2.19. The average Bonchev–Trinajstić information content (AvgIpc) is 3.23. The molecule has 6 nitrogen and oxygen atoms in total. The van der Waals surface area contributed by atoms with Crippen LogP contribution in [0.2, 0.25) is 0 Å². The molecule has 334 valence electrons. The largest absolute Gasteiger partial charge is 0.462 e. The SMILES string of the molecule is CC\C=C/C=C\C=C/CCCCCCCCCC(=O)OC(COC(=O)CCC/C=C\C/C=C\C/C=C\CCCCCCCC)COC(=O)CCCC/C=C\C/C=C\CC. The van der Waals surface area contributed by atoms with Gasteiger partial charge in [-0.25, -0.2) is 0 Å². The quantitative estimate of drug-likeness (QED) is 0.0201. The summed E-state index contributed by atoms with van der Waals surface area (Å²) in [6.07, 6.45) is 61.2. The number of esters is 3. The fraction of sp³-hybridized carbons (Fsp3) is 0.642. The second-order valence-corrected chi connectivity index (χ2v) is 15.3. The highest BCUT2D eigenvalue weighted by Crippen LogP contribution is 2.12. The van der Waals surface area contributed by atoms with Gasteiger partial charge >= 0.3 is 17.9 Å². The summed E-state index contributed by atoms with van der Waals surface area (Å²) in [5, 5.41) is 0. The Labute approximate surface area is 362 Å². The summed E-state index contributed by atoms with van der Waals surface area (Å²) >= 11 is 0. The molecule has 1 atom stereocenters. The molecule has 0 aliphatic heterocycles. The van der Waals surface area contributed by atoms with Crippen molar-refractivity contribution in [2.24, 2.45) is 0 Å². The fourth-order valence-corrected chi connectivity index (χ4v) is 6.08. The molecule has 59 heavy (non-hydrogen) atoms. The molecule has 0 saturated heterocycles. The number of ether oxygens (including phenoxy) is 3. The van der Waals surface area contributed by atoms with Crippen LogP contribution in [-0.4, -0.2) is 37.2 Å². The van der Waals surface area contributed by atoms with Crippen molar-refractivity contribution in [1.29, 1.82) is 0 Å². The number of hydrogen-bond acceptors (Lipinski definition) is 6. The maximum atomic E-state index is 12.7. The lowest BCUT2D eigenvalue weighted by Gasteiger charge is -2.18. The van der Waals surface area contributed by atoms with E-state index in [1.165, 1.54) is 64.2 Å². The Morgan fingerprint density at radius 2 is 0.763 bits per heavy atom. The summed E-state index contributed by atoms with van der Waals surface area (Å²) in [5.74, 6) is -1.03. The minimum atomic E-state index is -0.816. The number of carbonyl (C=O) groups is 3. The van der Waals surface area contributed by atoms with Gasteiger partial charge in [-0.15, -0.1) is 0 Å². The molecule has 0 aromatic rings. The Hall–Kier alpha value is -3.67. The Bertz CT molecular complexity index is 1220. The smallest absolute Gasteiger partial charge is 0.306 e. The first-order valence-electron chi connectivity index (χ1n) is 23.8. The molecule has 0 radical (unpaired) electrons. The van der Waals surface area contributed by atoms with E-state index >= 15 is 0 Å². The average molecular weight is 819 g/mol. The van der Waals surface area contributed by atoms with Gasteiger partial charge in [0.05, 0.1) is 0 Å². The molecule has 0 spiro atoms. The van der Waals surface area contributed by atoms with E-state index in [0.29, 0.717) is 19.3 Å². The second-order valence-electron chi connectivity index (χ2n) is 15.3. The molecule has 0 aliphatic carbocycles. The van der Waals surface area contributed by atoms with Crippen LogP contribution >= 0.6 is 0 Å². The first-order valence-corrected chi connectivity index (χ1v) is 23.8. The van der Waals surface area contributed by atoms with Crippen molar-refractivity contribution >= 4 is 17.9 Å². The molecule has 0 rings (SSSR count). The van der Waals surface area contributed by atoms with E-state index in [1.54, 1.807) is 0 Å². The number of unbranched alkanes of at least 4 members (excludes halogenated alkanes) is 16. The summed E-state index contributed by atoms with van der Waals surface area (Å²) in [6, 6.07) is 0. The number of rotatable bonds is 41. The lowest BCUT2D eigenvalue weighted by Crippen LogP contribution is -2.30. The van der Waals surface area contributed by atoms with Crippen LogP contribution < -0.4 is 0 Å². The molecule has 0 heterocycles. The standard InChI is InChI=1S/C53H86O6/c1-4-7-10-13-16-19-21-23-25-26-28-29-31-34-37-40-43-46-52(55)58-49-50(48-57-51(54)45-42-39-36-33-18-15-12-9-6-3)59-53(56)47-44-41-38-35-32-30-27-24-22-20-17-14-11-8-5-2/h8-9,11-12,14,17-18,20,22-23,25,28-29,33-34,37,50H,4-7,10,13,15-16,19,21,24,26-27,30-32,35-36,38-49H2,1-3H3/b11-8-,12-9-,17-14-,22-20-,25-23-,29-28-,33-18-,37-34-. The zero-order valence-electron chi connectivity index (χ0n) is 38.0. The molecule has 0 bridgehead atoms. The van der Waals surface area contributed by atoms with E-state index in [0.717, 1.165) is 89.9 Å². The van der Waals surface area contributed by atoms with Gasteiger partial charge < -0.3 is 14.2 Å². The third-order valence-electron chi connectivity index (χ3n) is 9.61. The van der Waals surface area contributed by atoms with Gasteiger partial charge in [0.2, 0.25) is 0 Å². The highest BCUT2D eigenvalue weighted by molar-refractivity contribution is 5.71. The first kappa shape index (κ1) is 55.3. The Morgan fingerprint density at radius 1 is 0.373 bits per heavy atom. The van der Waals surface area contributed by atoms with E-state index in [4.69, 9.17) is 14.2 Å². The second kappa shape index (κ2) is 47.0. The predicted octanol–water partition coefficient (Wildman–Crippen LogP) is 15.4. The molecule has 0 aromatic carbocycles. The van der Waals surface area contributed by atoms with Gasteiger partial charge in [-0.05, 0) is 96.3 Å². The fourth-order valence-electron chi connectivity index (χ4n) is 6.08. The lowest BCUT2D eigenvalue weighted by molar-refractivity contribution is -0.167. The Morgan fingerprint density at radius 3 is 1.32 bits per heavy atom. The molecule has 6 heteroatoms. The van der Waals surface area contributed by atoms with Crippen LogP contribution in [0.4, 0.5) is 0 Å². The van der Waals surface area contributed by atoms with Gasteiger partial charge in [-0.2, -0.15) is 0 Å². The summed E-state index contributed by atoms with van der Waals surface area (Å²) in [5.41, 5.74) is 0. The Balaban J connectivity index is 4.48. The van der Waals surface area contributed by atoms with Crippen molar-refractivity contribution in [3.05, 3.63) is 97.2 Å². The molecule has 0 saturated carbocycles. The van der Waals surface area contributed by atoms with Gasteiger partial charge in [0.25, 0.3) is 0 Å². The van der Waals surface area contributed by atoms with Crippen LogP contribution in [0.25, 0.3) is 0 Å². The van der Waals surface area contributed by atoms with Crippen LogP contribution in [0, 0.1) is 0 Å². The van der Waals surface area contributed by atoms with Gasteiger partial charge in [-0.1, -0.05) is 182 Å². The van der Waals surface area contributed by atoms with Crippen molar-refractivity contribution in [3.8, 4) is 0 Å². The zero-order valence-corrected chi connectivity index (χ0v) is 38.0. The summed E-state index contributed by atoms with van der Waals surface area (Å²) in [4.78, 5) is 37.7. The van der Waals surface area contributed by atoms with Crippen molar-refractivity contribution in [2.45, 2.75) is 207 Å². The summed E-state index contributed by atoms with van der Waals surface area (Å²) in [7, 11) is 0. The minimum absolute atomic E-state index is 0.117. The van der Waals surface area contributed by atoms with Crippen molar-refractivity contribution < 1.29 is 28.6 Å². The number of carbonyl (C=O) groups excluding carboxylic acids is 3. The molecule has 0 N–H and O–H groups in total. The van der Waals surface area contributed by atoms with Crippen molar-refractivity contribution in [3.63, 3.8) is 0 Å². The van der Waals surface area contributed by atoms with Crippen LogP contribution in [-0.2, 0) is 28.6 Å². The van der Waals surface area contributed by atoms with Gasteiger partial charge in [-0.3, -0.25) is 14.4 Å². The molecule has 0 fully saturated rings. The number of hydrogen-bond donors (Lipinski definition) is 0. The molecule has 1 unspecified atom stereocenters. The van der Waals surface area contributed by atoms with E-state index in [9.17, 15) is 14.4 Å². The first-order chi connectivity index (χ1) is 29.0. The summed E-state index contributed by atoms with van der Waals surface area (Å²) in [6.45, 7) is 6.27. The molecular formula is C53H86O6.